The maximum Gasteiger partial charge on any atom is 0.422 e. The summed E-state index contributed by atoms with van der Waals surface area (Å²) in [7, 11) is 1.66. The molecule has 0 aliphatic heterocycles. The number of hydrogen-bond acceptors (Lipinski definition) is 5. The van der Waals surface area contributed by atoms with Crippen molar-refractivity contribution in [1.82, 2.24) is 19.4 Å². The van der Waals surface area contributed by atoms with Gasteiger partial charge >= 0.3 is 17.4 Å². The van der Waals surface area contributed by atoms with E-state index >= 15 is 0 Å². The van der Waals surface area contributed by atoms with Crippen molar-refractivity contribution in [3.63, 3.8) is 0 Å². The Morgan fingerprint density at radius 3 is 2.58 bits per heavy atom. The second-order valence-electron chi connectivity index (χ2n) is 8.23. The molecule has 0 fully saturated rings. The lowest BCUT2D eigenvalue weighted by atomic mass is 9.99. The van der Waals surface area contributed by atoms with Gasteiger partial charge in [-0.25, -0.2) is 9.36 Å². The van der Waals surface area contributed by atoms with Crippen molar-refractivity contribution in [2.45, 2.75) is 50.7 Å². The number of para-hydroxylation sites is 2. The van der Waals surface area contributed by atoms with Crippen LogP contribution in [-0.4, -0.2) is 56.4 Å². The van der Waals surface area contributed by atoms with Crippen LogP contribution in [-0.2, 0) is 16.9 Å². The van der Waals surface area contributed by atoms with Gasteiger partial charge in [0, 0.05) is 36.5 Å². The topological polar surface area (TPSA) is 83.3 Å². The Labute approximate surface area is 211 Å². The van der Waals surface area contributed by atoms with E-state index in [-0.39, 0.29) is 22.7 Å². The molecule has 0 aliphatic carbocycles. The fourth-order valence-electron chi connectivity index (χ4n) is 3.60. The molecule has 2 heterocycles. The van der Waals surface area contributed by atoms with Crippen molar-refractivity contribution < 1.29 is 27.3 Å². The molecule has 3 aromatic rings. The molecular formula is C25H29F3N4O3S. The highest BCUT2D eigenvalue weighted by Crippen LogP contribution is 2.27. The molecule has 0 bridgehead atoms. The van der Waals surface area contributed by atoms with Gasteiger partial charge in [0.2, 0.25) is 0 Å². The van der Waals surface area contributed by atoms with E-state index in [0.29, 0.717) is 28.8 Å². The molecule has 0 aliphatic rings. The lowest BCUT2D eigenvalue weighted by Gasteiger charge is -2.21. The van der Waals surface area contributed by atoms with Gasteiger partial charge in [0.1, 0.15) is 5.75 Å². The summed E-state index contributed by atoms with van der Waals surface area (Å²) in [5, 5.41) is 0.0473. The molecule has 1 atom stereocenters. The second-order valence-corrected chi connectivity index (χ2v) is 9.57. The van der Waals surface area contributed by atoms with Gasteiger partial charge in [-0.05, 0) is 50.3 Å². The summed E-state index contributed by atoms with van der Waals surface area (Å²) in [5.74, 6) is 1.08. The molecule has 0 saturated carbocycles. The molecule has 0 saturated heterocycles. The van der Waals surface area contributed by atoms with Crippen LogP contribution in [0.2, 0.25) is 0 Å². The summed E-state index contributed by atoms with van der Waals surface area (Å²) in [4.78, 5) is 23.6. The standard InChI is InChI=1S/C25H29F3N4O3S/c1-5-18(6-2)12-14-31(4)24(33)32-21-10-8-7-9-19(21)30-23(32)36(34)15-20-17(3)22(11-13-29-20)35-16-25(26,27)28/h7-13H,5-6,14-16H2,1-4H3/t36-/m1/s1. The number of imidazole rings is 1. The largest absolute Gasteiger partial charge is 0.609 e. The summed E-state index contributed by atoms with van der Waals surface area (Å²) in [6.45, 7) is 4.61. The zero-order valence-corrected chi connectivity index (χ0v) is 21.4. The number of fused-ring (bicyclic) bond motifs is 1. The molecule has 1 amide bonds. The number of benzene rings is 1. The maximum absolute atomic E-state index is 13.5. The zero-order valence-electron chi connectivity index (χ0n) is 20.6. The SMILES string of the molecule is CC[C]([CH]CN(C)C(=O)n1c([S@+]([O-])Cc2nccc(OCC(F)(F)F)c2C)nc2ccccc21)CC. The molecule has 3 rings (SSSR count). The van der Waals surface area contributed by atoms with Crippen LogP contribution < -0.4 is 4.74 Å². The van der Waals surface area contributed by atoms with Crippen molar-refractivity contribution in [1.29, 1.82) is 0 Å². The predicted molar refractivity (Wildman–Crippen MR) is 132 cm³/mol. The number of alkyl halides is 3. The lowest BCUT2D eigenvalue weighted by molar-refractivity contribution is -0.153. The van der Waals surface area contributed by atoms with Gasteiger partial charge < -0.3 is 14.2 Å². The number of pyridine rings is 1. The summed E-state index contributed by atoms with van der Waals surface area (Å²) in [6, 6.07) is 7.92. The van der Waals surface area contributed by atoms with Crippen LogP contribution in [0.3, 0.4) is 0 Å². The Morgan fingerprint density at radius 1 is 1.22 bits per heavy atom. The quantitative estimate of drug-likeness (QED) is 0.329. The first kappa shape index (κ1) is 27.8. The molecule has 2 radical (unpaired) electrons. The monoisotopic (exact) mass is 522 g/mol. The lowest BCUT2D eigenvalue weighted by Crippen LogP contribution is -2.34. The maximum atomic E-state index is 13.5. The number of ether oxygens (including phenoxy) is 1. The molecule has 11 heteroatoms. The van der Waals surface area contributed by atoms with Crippen molar-refractivity contribution in [3.8, 4) is 5.75 Å². The van der Waals surface area contributed by atoms with E-state index in [2.05, 4.69) is 23.8 Å². The minimum absolute atomic E-state index is 0.00748. The molecule has 194 valence electrons. The van der Waals surface area contributed by atoms with E-state index in [1.807, 2.05) is 6.42 Å². The molecule has 36 heavy (non-hydrogen) atoms. The van der Waals surface area contributed by atoms with E-state index in [9.17, 15) is 22.5 Å². The number of carbonyl (C=O) groups excluding carboxylic acids is 1. The minimum Gasteiger partial charge on any atom is -0.609 e. The highest BCUT2D eigenvalue weighted by atomic mass is 32.2. The normalized spacial score (nSPS) is 12.8. The van der Waals surface area contributed by atoms with Gasteiger partial charge in [0.15, 0.2) is 12.4 Å². The summed E-state index contributed by atoms with van der Waals surface area (Å²) >= 11 is -1.82. The number of carbonyl (C=O) groups is 1. The van der Waals surface area contributed by atoms with Crippen molar-refractivity contribution in [2.24, 2.45) is 0 Å². The molecule has 7 nitrogen and oxygen atoms in total. The first-order valence-corrected chi connectivity index (χ1v) is 12.8. The van der Waals surface area contributed by atoms with E-state index in [0.717, 1.165) is 12.8 Å². The molecular weight excluding hydrogens is 493 g/mol. The highest BCUT2D eigenvalue weighted by molar-refractivity contribution is 7.90. The molecule has 0 unspecified atom stereocenters. The Hall–Kier alpha value is -2.79. The van der Waals surface area contributed by atoms with Crippen LogP contribution in [0.25, 0.3) is 11.0 Å². The van der Waals surface area contributed by atoms with Gasteiger partial charge in [-0.2, -0.15) is 18.2 Å². The molecule has 2 aromatic heterocycles. The molecule has 1 aromatic carbocycles. The van der Waals surface area contributed by atoms with Gasteiger partial charge in [-0.15, -0.1) is 0 Å². The number of hydrogen-bond donors (Lipinski definition) is 0. The van der Waals surface area contributed by atoms with Crippen molar-refractivity contribution in [2.75, 3.05) is 20.2 Å². The number of rotatable bonds is 10. The van der Waals surface area contributed by atoms with Gasteiger partial charge in [-0.1, -0.05) is 26.0 Å². The van der Waals surface area contributed by atoms with Crippen LogP contribution in [0.1, 0.15) is 37.9 Å². The Bertz CT molecular complexity index is 1180. The Balaban J connectivity index is 1.88. The fraction of sp³-hybridized carbons (Fsp3) is 0.400. The van der Waals surface area contributed by atoms with Gasteiger partial charge in [0.05, 0.1) is 16.7 Å². The first-order valence-electron chi connectivity index (χ1n) is 11.5. The third kappa shape index (κ3) is 6.70. The van der Waals surface area contributed by atoms with Gasteiger partial charge in [0.25, 0.3) is 0 Å². The van der Waals surface area contributed by atoms with Crippen LogP contribution in [0.5, 0.6) is 5.75 Å². The van der Waals surface area contributed by atoms with E-state index in [1.165, 1.54) is 27.6 Å². The number of nitrogens with zero attached hydrogens (tertiary/aromatic N) is 4. The Kier molecular flexibility index (Phi) is 9.24. The van der Waals surface area contributed by atoms with E-state index < -0.39 is 24.0 Å². The smallest absolute Gasteiger partial charge is 0.422 e. The first-order chi connectivity index (χ1) is 17.1. The van der Waals surface area contributed by atoms with Crippen LogP contribution in [0, 0.1) is 19.3 Å². The number of aromatic nitrogens is 3. The molecule has 0 spiro atoms. The average Bonchev–Trinajstić information content (AvgIpc) is 3.23. The zero-order chi connectivity index (χ0) is 26.5. The average molecular weight is 523 g/mol. The third-order valence-corrected chi connectivity index (χ3v) is 6.95. The summed E-state index contributed by atoms with van der Waals surface area (Å²) < 4.78 is 57.4. The van der Waals surface area contributed by atoms with Crippen LogP contribution in [0.4, 0.5) is 18.0 Å². The number of amides is 1. The summed E-state index contributed by atoms with van der Waals surface area (Å²) in [6.07, 6.45) is 0.603. The summed E-state index contributed by atoms with van der Waals surface area (Å²) in [5.41, 5.74) is 1.66. The highest BCUT2D eigenvalue weighted by Gasteiger charge is 2.31. The van der Waals surface area contributed by atoms with Crippen molar-refractivity contribution in [3.05, 3.63) is 60.1 Å². The predicted octanol–water partition coefficient (Wildman–Crippen LogP) is 5.49. The van der Waals surface area contributed by atoms with E-state index in [1.54, 1.807) is 38.2 Å². The van der Waals surface area contributed by atoms with Crippen LogP contribution >= 0.6 is 0 Å². The van der Waals surface area contributed by atoms with Crippen molar-refractivity contribution >= 4 is 28.2 Å². The van der Waals surface area contributed by atoms with Gasteiger partial charge in [-0.3, -0.25) is 4.98 Å². The Morgan fingerprint density at radius 2 is 1.92 bits per heavy atom. The van der Waals surface area contributed by atoms with E-state index in [4.69, 9.17) is 4.74 Å². The number of halogens is 3. The molecule has 0 N–H and O–H groups in total. The third-order valence-electron chi connectivity index (χ3n) is 5.73. The fourth-order valence-corrected chi connectivity index (χ4v) is 4.85. The van der Waals surface area contributed by atoms with Crippen LogP contribution in [0.15, 0.2) is 41.7 Å². The second kappa shape index (κ2) is 12.0. The minimum atomic E-state index is -4.49.